The minimum absolute atomic E-state index is 0.369. The molecule has 1 nitrogen and oxygen atoms in total. The Bertz CT molecular complexity index is 234. The van der Waals surface area contributed by atoms with Crippen LogP contribution in [0.3, 0.4) is 0 Å². The van der Waals surface area contributed by atoms with Gasteiger partial charge < -0.3 is 5.73 Å². The van der Waals surface area contributed by atoms with Gasteiger partial charge in [0.05, 0.1) is 0 Å². The van der Waals surface area contributed by atoms with E-state index < -0.39 is 0 Å². The van der Waals surface area contributed by atoms with Gasteiger partial charge >= 0.3 is 0 Å². The van der Waals surface area contributed by atoms with Gasteiger partial charge in [-0.05, 0) is 25.3 Å². The van der Waals surface area contributed by atoms with Crippen molar-refractivity contribution in [3.63, 3.8) is 0 Å². The number of rotatable bonds is 5. The second kappa shape index (κ2) is 6.30. The number of hydrogen-bond acceptors (Lipinski definition) is 1. The number of allylic oxidation sites excluding steroid dienone is 6. The second-order valence-electron chi connectivity index (χ2n) is 3.29. The first-order valence-electron chi connectivity index (χ1n) is 4.48. The molecule has 1 heteroatoms. The summed E-state index contributed by atoms with van der Waals surface area (Å²) in [5.74, 6) is 0.369. The maximum absolute atomic E-state index is 5.78. The van der Waals surface area contributed by atoms with E-state index in [4.69, 9.17) is 5.73 Å². The Morgan fingerprint density at radius 3 is 2.62 bits per heavy atom. The van der Waals surface area contributed by atoms with Crippen molar-refractivity contribution < 1.29 is 0 Å². The average Bonchev–Trinajstić information content (AvgIpc) is 2.04. The van der Waals surface area contributed by atoms with E-state index in [1.165, 1.54) is 0 Å². The van der Waals surface area contributed by atoms with Gasteiger partial charge in [0.2, 0.25) is 0 Å². The molecule has 2 N–H and O–H groups in total. The SMILES string of the molecule is C=C/C=C(\N)C(C)C/C=C\C(=C)C. The van der Waals surface area contributed by atoms with Gasteiger partial charge in [0, 0.05) is 5.70 Å². The molecule has 0 aliphatic heterocycles. The molecule has 0 fully saturated rings. The van der Waals surface area contributed by atoms with E-state index in [0.717, 1.165) is 17.7 Å². The predicted octanol–water partition coefficient (Wildman–Crippen LogP) is 3.17. The summed E-state index contributed by atoms with van der Waals surface area (Å²) in [7, 11) is 0. The molecule has 0 aromatic rings. The van der Waals surface area contributed by atoms with Gasteiger partial charge in [0.25, 0.3) is 0 Å². The van der Waals surface area contributed by atoms with Gasteiger partial charge in [-0.15, -0.1) is 0 Å². The first kappa shape index (κ1) is 11.8. The van der Waals surface area contributed by atoms with Crippen LogP contribution >= 0.6 is 0 Å². The Morgan fingerprint density at radius 1 is 1.54 bits per heavy atom. The second-order valence-corrected chi connectivity index (χ2v) is 3.29. The summed E-state index contributed by atoms with van der Waals surface area (Å²) in [6.45, 7) is 11.5. The van der Waals surface area contributed by atoms with E-state index in [-0.39, 0.29) is 0 Å². The number of nitrogens with two attached hydrogens (primary N) is 1. The van der Waals surface area contributed by atoms with Crippen molar-refractivity contribution in [3.8, 4) is 0 Å². The summed E-state index contributed by atoms with van der Waals surface area (Å²) in [4.78, 5) is 0. The molecule has 0 saturated carbocycles. The maximum Gasteiger partial charge on any atom is 0.0112 e. The molecule has 1 unspecified atom stereocenters. The zero-order chi connectivity index (χ0) is 10.3. The third-order valence-corrected chi connectivity index (χ3v) is 1.77. The summed E-state index contributed by atoms with van der Waals surface area (Å²) in [6.07, 6.45) is 8.62. The minimum Gasteiger partial charge on any atom is -0.402 e. The minimum atomic E-state index is 0.369. The van der Waals surface area contributed by atoms with E-state index in [1.54, 1.807) is 6.08 Å². The molecular weight excluding hydrogens is 158 g/mol. The third-order valence-electron chi connectivity index (χ3n) is 1.77. The topological polar surface area (TPSA) is 26.0 Å². The smallest absolute Gasteiger partial charge is 0.0112 e. The molecule has 0 aromatic carbocycles. The molecule has 72 valence electrons. The van der Waals surface area contributed by atoms with Crippen molar-refractivity contribution in [3.05, 3.63) is 48.7 Å². The van der Waals surface area contributed by atoms with Crippen molar-refractivity contribution >= 4 is 0 Å². The predicted molar refractivity (Wildman–Crippen MR) is 60.2 cm³/mol. The van der Waals surface area contributed by atoms with Gasteiger partial charge in [-0.1, -0.05) is 43.9 Å². The lowest BCUT2D eigenvalue weighted by atomic mass is 10.0. The fourth-order valence-corrected chi connectivity index (χ4v) is 0.910. The van der Waals surface area contributed by atoms with E-state index in [0.29, 0.717) is 5.92 Å². The molecule has 0 heterocycles. The molecule has 0 spiro atoms. The van der Waals surface area contributed by atoms with Crippen LogP contribution in [0.15, 0.2) is 48.7 Å². The van der Waals surface area contributed by atoms with Crippen LogP contribution in [0.2, 0.25) is 0 Å². The lowest BCUT2D eigenvalue weighted by Crippen LogP contribution is -2.07. The van der Waals surface area contributed by atoms with E-state index >= 15 is 0 Å². The summed E-state index contributed by atoms with van der Waals surface area (Å²) >= 11 is 0. The van der Waals surface area contributed by atoms with Gasteiger partial charge in [-0.3, -0.25) is 0 Å². The Kier molecular flexibility index (Phi) is 5.69. The molecular formula is C12H19N. The van der Waals surface area contributed by atoms with Gasteiger partial charge in [-0.25, -0.2) is 0 Å². The average molecular weight is 177 g/mol. The van der Waals surface area contributed by atoms with Crippen molar-refractivity contribution in [2.24, 2.45) is 11.7 Å². The Balaban J connectivity index is 4.00. The Hall–Kier alpha value is -1.24. The fourth-order valence-electron chi connectivity index (χ4n) is 0.910. The maximum atomic E-state index is 5.78. The van der Waals surface area contributed by atoms with Crippen LogP contribution in [0.5, 0.6) is 0 Å². The molecule has 0 saturated heterocycles. The Morgan fingerprint density at radius 2 is 2.15 bits per heavy atom. The van der Waals surface area contributed by atoms with Crippen LogP contribution in [0, 0.1) is 5.92 Å². The molecule has 0 aliphatic carbocycles. The standard InChI is InChI=1S/C12H19N/c1-5-7-12(13)11(4)9-6-8-10(2)3/h5-8,11H,1-2,9,13H2,3-4H3/b8-6-,12-7-. The molecule has 0 bridgehead atoms. The highest BCUT2D eigenvalue weighted by atomic mass is 14.6. The van der Waals surface area contributed by atoms with Crippen LogP contribution in [0.25, 0.3) is 0 Å². The van der Waals surface area contributed by atoms with Crippen molar-refractivity contribution in [1.29, 1.82) is 0 Å². The molecule has 0 amide bonds. The quantitative estimate of drug-likeness (QED) is 0.641. The summed E-state index contributed by atoms with van der Waals surface area (Å²) < 4.78 is 0. The van der Waals surface area contributed by atoms with Crippen LogP contribution in [0.4, 0.5) is 0 Å². The largest absolute Gasteiger partial charge is 0.402 e. The van der Waals surface area contributed by atoms with E-state index in [1.807, 2.05) is 19.1 Å². The summed E-state index contributed by atoms with van der Waals surface area (Å²) in [6, 6.07) is 0. The highest BCUT2D eigenvalue weighted by Crippen LogP contribution is 2.10. The van der Waals surface area contributed by atoms with Crippen LogP contribution < -0.4 is 5.73 Å². The summed E-state index contributed by atoms with van der Waals surface area (Å²) in [5.41, 5.74) is 7.72. The molecule has 0 aliphatic rings. The fraction of sp³-hybridized carbons (Fsp3) is 0.333. The monoisotopic (exact) mass is 177 g/mol. The van der Waals surface area contributed by atoms with Gasteiger partial charge in [0.1, 0.15) is 0 Å². The highest BCUT2D eigenvalue weighted by Gasteiger charge is 2.00. The van der Waals surface area contributed by atoms with Crippen LogP contribution in [-0.2, 0) is 0 Å². The lowest BCUT2D eigenvalue weighted by molar-refractivity contribution is 0.685. The van der Waals surface area contributed by atoms with E-state index in [2.05, 4.69) is 26.2 Å². The third kappa shape index (κ3) is 5.97. The number of hydrogen-bond donors (Lipinski definition) is 1. The first-order valence-corrected chi connectivity index (χ1v) is 4.48. The normalized spacial score (nSPS) is 14.5. The Labute approximate surface area is 81.3 Å². The molecule has 0 radical (unpaired) electrons. The molecule has 1 atom stereocenters. The van der Waals surface area contributed by atoms with Gasteiger partial charge in [0.15, 0.2) is 0 Å². The summed E-state index contributed by atoms with van der Waals surface area (Å²) in [5, 5.41) is 0. The molecule has 0 rings (SSSR count). The lowest BCUT2D eigenvalue weighted by Gasteiger charge is -2.07. The zero-order valence-electron chi connectivity index (χ0n) is 8.59. The van der Waals surface area contributed by atoms with Crippen molar-refractivity contribution in [2.45, 2.75) is 20.3 Å². The van der Waals surface area contributed by atoms with Gasteiger partial charge in [-0.2, -0.15) is 0 Å². The molecule has 0 aromatic heterocycles. The van der Waals surface area contributed by atoms with Crippen molar-refractivity contribution in [1.82, 2.24) is 0 Å². The highest BCUT2D eigenvalue weighted by molar-refractivity contribution is 5.14. The van der Waals surface area contributed by atoms with E-state index in [9.17, 15) is 0 Å². The van der Waals surface area contributed by atoms with Crippen molar-refractivity contribution in [2.75, 3.05) is 0 Å². The zero-order valence-corrected chi connectivity index (χ0v) is 8.59. The van der Waals surface area contributed by atoms with Crippen LogP contribution in [-0.4, -0.2) is 0 Å². The first-order chi connectivity index (χ1) is 6.07. The van der Waals surface area contributed by atoms with Crippen LogP contribution in [0.1, 0.15) is 20.3 Å². The molecule has 13 heavy (non-hydrogen) atoms.